The van der Waals surface area contributed by atoms with Crippen molar-refractivity contribution in [3.63, 3.8) is 0 Å². The molecule has 0 radical (unpaired) electrons. The number of rotatable bonds is 3. The molecule has 0 amide bonds. The molecule has 0 N–H and O–H groups in total. The Hall–Kier alpha value is -0.310. The summed E-state index contributed by atoms with van der Waals surface area (Å²) in [5.41, 5.74) is 1.19. The first-order chi connectivity index (χ1) is 8.63. The number of hydrogen-bond acceptors (Lipinski definition) is 2. The zero-order valence-electron chi connectivity index (χ0n) is 10.2. The van der Waals surface area contributed by atoms with Crippen LogP contribution in [0.4, 0.5) is 0 Å². The number of nitrogens with zero attached hydrogens (tertiary/aromatic N) is 2. The summed E-state index contributed by atoms with van der Waals surface area (Å²) in [7, 11) is 0. The first-order valence-corrected chi connectivity index (χ1v) is 7.60. The van der Waals surface area contributed by atoms with E-state index in [1.54, 1.807) is 0 Å². The zero-order chi connectivity index (χ0) is 13.0. The van der Waals surface area contributed by atoms with Gasteiger partial charge in [0.1, 0.15) is 0 Å². The van der Waals surface area contributed by atoms with E-state index in [4.69, 9.17) is 16.9 Å². The second-order valence-corrected chi connectivity index (χ2v) is 7.55. The van der Waals surface area contributed by atoms with Crippen LogP contribution in [-0.4, -0.2) is 21.4 Å². The average Bonchev–Trinajstić information content (AvgIpc) is 2.35. The molecule has 18 heavy (non-hydrogen) atoms. The maximum atomic E-state index is 8.84. The van der Waals surface area contributed by atoms with Gasteiger partial charge >= 0.3 is 0 Å². The molecule has 1 aromatic carbocycles. The van der Waals surface area contributed by atoms with Crippen molar-refractivity contribution >= 4 is 34.2 Å². The van der Waals surface area contributed by atoms with Gasteiger partial charge in [-0.05, 0) is 37.6 Å². The maximum absolute atomic E-state index is 8.84. The van der Waals surface area contributed by atoms with Crippen LogP contribution in [0.1, 0.15) is 24.8 Å². The van der Waals surface area contributed by atoms with Crippen LogP contribution in [0.25, 0.3) is 0 Å². The van der Waals surface area contributed by atoms with Crippen molar-refractivity contribution in [3.8, 4) is 6.07 Å². The highest BCUT2D eigenvalue weighted by atomic mass is 127. The fourth-order valence-electron chi connectivity index (χ4n) is 2.30. The summed E-state index contributed by atoms with van der Waals surface area (Å²) in [6.07, 6.45) is 2.84. The van der Waals surface area contributed by atoms with Crippen LogP contribution in [0, 0.1) is 11.3 Å². The zero-order valence-corrected chi connectivity index (χ0v) is 13.1. The molecular formula is C14H16ClIN2. The average molecular weight is 375 g/mol. The number of nitriles is 1. The van der Waals surface area contributed by atoms with E-state index in [0.29, 0.717) is 6.42 Å². The first kappa shape index (κ1) is 14.1. The molecule has 0 aromatic heterocycles. The van der Waals surface area contributed by atoms with E-state index >= 15 is 0 Å². The summed E-state index contributed by atoms with van der Waals surface area (Å²) in [6, 6.07) is 10.3. The fourth-order valence-corrected chi connectivity index (χ4v) is 3.15. The monoisotopic (exact) mass is 374 g/mol. The van der Waals surface area contributed by atoms with E-state index in [-0.39, 0.29) is 3.42 Å². The Labute approximate surface area is 127 Å². The smallest absolute Gasteiger partial charge is 0.0635 e. The summed E-state index contributed by atoms with van der Waals surface area (Å²) in [4.78, 5) is 2.43. The topological polar surface area (TPSA) is 27.0 Å². The Morgan fingerprint density at radius 2 is 2.00 bits per heavy atom. The van der Waals surface area contributed by atoms with Crippen molar-refractivity contribution in [2.24, 2.45) is 0 Å². The van der Waals surface area contributed by atoms with Gasteiger partial charge in [0.15, 0.2) is 0 Å². The maximum Gasteiger partial charge on any atom is 0.0635 e. The molecule has 0 unspecified atom stereocenters. The van der Waals surface area contributed by atoms with E-state index in [9.17, 15) is 0 Å². The molecule has 1 saturated heterocycles. The summed E-state index contributed by atoms with van der Waals surface area (Å²) >= 11 is 8.64. The van der Waals surface area contributed by atoms with Gasteiger partial charge in [0, 0.05) is 21.4 Å². The number of halogens is 2. The molecule has 0 aliphatic carbocycles. The lowest BCUT2D eigenvalue weighted by Crippen LogP contribution is -2.40. The predicted octanol–water partition coefficient (Wildman–Crippen LogP) is 4.02. The van der Waals surface area contributed by atoms with Gasteiger partial charge < -0.3 is 0 Å². The molecule has 2 nitrogen and oxygen atoms in total. The van der Waals surface area contributed by atoms with Gasteiger partial charge in [-0.1, -0.05) is 52.4 Å². The van der Waals surface area contributed by atoms with Crippen molar-refractivity contribution in [1.29, 1.82) is 5.26 Å². The Morgan fingerprint density at radius 1 is 1.33 bits per heavy atom. The first-order valence-electron chi connectivity index (χ1n) is 6.15. The van der Waals surface area contributed by atoms with Crippen LogP contribution >= 0.6 is 34.2 Å². The summed E-state index contributed by atoms with van der Waals surface area (Å²) in [5, 5.41) is 9.68. The van der Waals surface area contributed by atoms with Crippen molar-refractivity contribution in [1.82, 2.24) is 4.90 Å². The van der Waals surface area contributed by atoms with Crippen LogP contribution in [0.3, 0.4) is 0 Å². The predicted molar refractivity (Wildman–Crippen MR) is 82.9 cm³/mol. The van der Waals surface area contributed by atoms with Gasteiger partial charge in [0.05, 0.1) is 6.07 Å². The van der Waals surface area contributed by atoms with E-state index in [2.05, 4.69) is 39.6 Å². The van der Waals surface area contributed by atoms with E-state index in [1.807, 2.05) is 18.2 Å². The van der Waals surface area contributed by atoms with Gasteiger partial charge in [-0.2, -0.15) is 5.26 Å². The molecule has 96 valence electrons. The lowest BCUT2D eigenvalue weighted by Gasteiger charge is -2.36. The highest BCUT2D eigenvalue weighted by Crippen LogP contribution is 2.35. The number of likely N-dealkylation sites (tertiary alicyclic amines) is 1. The molecule has 4 heteroatoms. The van der Waals surface area contributed by atoms with Crippen LogP contribution < -0.4 is 0 Å². The largest absolute Gasteiger partial charge is 0.299 e. The molecule has 2 rings (SSSR count). The van der Waals surface area contributed by atoms with Crippen molar-refractivity contribution in [2.75, 3.05) is 13.1 Å². The van der Waals surface area contributed by atoms with Gasteiger partial charge in [0.25, 0.3) is 0 Å². The number of hydrogen-bond donors (Lipinski definition) is 0. The van der Waals surface area contributed by atoms with Crippen molar-refractivity contribution < 1.29 is 0 Å². The third-order valence-corrected chi connectivity index (χ3v) is 5.33. The lowest BCUT2D eigenvalue weighted by atomic mass is 9.94. The Morgan fingerprint density at radius 3 is 2.61 bits per heavy atom. The number of alkyl halides is 1. The van der Waals surface area contributed by atoms with Crippen LogP contribution in [0.2, 0.25) is 5.02 Å². The van der Waals surface area contributed by atoms with Gasteiger partial charge in [-0.3, -0.25) is 4.90 Å². The van der Waals surface area contributed by atoms with Gasteiger partial charge in [-0.25, -0.2) is 0 Å². The minimum atomic E-state index is 0.184. The quantitative estimate of drug-likeness (QED) is 0.590. The Balaban J connectivity index is 1.92. The third kappa shape index (κ3) is 3.59. The molecular weight excluding hydrogens is 359 g/mol. The summed E-state index contributed by atoms with van der Waals surface area (Å²) < 4.78 is 0.184. The molecule has 1 heterocycles. The molecule has 0 spiro atoms. The molecule has 1 aliphatic heterocycles. The number of benzene rings is 1. The fraction of sp³-hybridized carbons (Fsp3) is 0.500. The van der Waals surface area contributed by atoms with Crippen LogP contribution in [-0.2, 0) is 6.54 Å². The van der Waals surface area contributed by atoms with Crippen LogP contribution in [0.15, 0.2) is 24.3 Å². The van der Waals surface area contributed by atoms with E-state index < -0.39 is 0 Å². The standard InChI is InChI=1S/C14H16ClIN2/c15-13-4-2-1-3-12(13)11-18-9-6-14(16,5-8-17)7-10-18/h1-4H,5-7,9-11H2. The SMILES string of the molecule is N#CCC1(I)CCN(Cc2ccccc2Cl)CC1. The molecule has 0 saturated carbocycles. The van der Waals surface area contributed by atoms with Gasteiger partial charge in [-0.15, -0.1) is 0 Å². The molecule has 1 fully saturated rings. The number of piperidine rings is 1. The van der Waals surface area contributed by atoms with Crippen LogP contribution in [0.5, 0.6) is 0 Å². The minimum Gasteiger partial charge on any atom is -0.299 e. The minimum absolute atomic E-state index is 0.184. The molecule has 1 aliphatic rings. The van der Waals surface area contributed by atoms with E-state index in [1.165, 1.54) is 5.56 Å². The van der Waals surface area contributed by atoms with Crippen molar-refractivity contribution in [2.45, 2.75) is 29.2 Å². The Bertz CT molecular complexity index is 447. The molecule has 1 aromatic rings. The highest BCUT2D eigenvalue weighted by Gasteiger charge is 2.31. The third-order valence-electron chi connectivity index (χ3n) is 3.50. The highest BCUT2D eigenvalue weighted by molar-refractivity contribution is 14.1. The normalized spacial score (nSPS) is 19.4. The summed E-state index contributed by atoms with van der Waals surface area (Å²) in [6.45, 7) is 3.02. The second kappa shape index (κ2) is 6.23. The second-order valence-electron chi connectivity index (χ2n) is 4.85. The Kier molecular flexibility index (Phi) is 4.88. The van der Waals surface area contributed by atoms with E-state index in [0.717, 1.165) is 37.5 Å². The van der Waals surface area contributed by atoms with Crippen molar-refractivity contribution in [3.05, 3.63) is 34.9 Å². The van der Waals surface area contributed by atoms with Gasteiger partial charge in [0.2, 0.25) is 0 Å². The summed E-state index contributed by atoms with van der Waals surface area (Å²) in [5.74, 6) is 0. The molecule has 0 bridgehead atoms. The lowest BCUT2D eigenvalue weighted by molar-refractivity contribution is 0.199. The molecule has 0 atom stereocenters.